The molecule has 10 heteroatoms. The number of carbonyl (C=O) groups is 4. The lowest BCUT2D eigenvalue weighted by molar-refractivity contribution is -0.254. The van der Waals surface area contributed by atoms with Gasteiger partial charge in [-0.3, -0.25) is 19.2 Å². The van der Waals surface area contributed by atoms with Crippen LogP contribution in [0.4, 0.5) is 0 Å². The van der Waals surface area contributed by atoms with E-state index in [0.717, 1.165) is 0 Å². The fraction of sp³-hybridized carbons (Fsp3) is 0.556. The van der Waals surface area contributed by atoms with Crippen LogP contribution < -0.4 is 0 Å². The van der Waals surface area contributed by atoms with Crippen LogP contribution in [0.5, 0.6) is 0 Å². The van der Waals surface area contributed by atoms with E-state index in [9.17, 15) is 19.2 Å². The molecule has 0 amide bonds. The highest BCUT2D eigenvalue weighted by Crippen LogP contribution is 2.37. The molecule has 1 fully saturated rings. The minimum Gasteiger partial charge on any atom is -0.463 e. The lowest BCUT2D eigenvalue weighted by Gasteiger charge is -2.44. The number of H-pyrrole nitrogens is 1. The zero-order valence-corrected chi connectivity index (χ0v) is 16.0. The molecule has 28 heavy (non-hydrogen) atoms. The van der Waals surface area contributed by atoms with E-state index in [4.69, 9.17) is 23.7 Å². The van der Waals surface area contributed by atoms with Crippen molar-refractivity contribution in [3.63, 3.8) is 0 Å². The number of rotatable bonds is 6. The number of ether oxygens (including phenoxy) is 5. The van der Waals surface area contributed by atoms with Gasteiger partial charge in [-0.2, -0.15) is 0 Å². The molecule has 1 aliphatic rings. The van der Waals surface area contributed by atoms with E-state index in [2.05, 4.69) is 4.98 Å². The Morgan fingerprint density at radius 1 is 0.893 bits per heavy atom. The Labute approximate surface area is 161 Å². The van der Waals surface area contributed by atoms with Crippen LogP contribution in [0.15, 0.2) is 18.5 Å². The molecular formula is C18H23NO9. The summed E-state index contributed by atoms with van der Waals surface area (Å²) in [6, 6.07) is 1.70. The van der Waals surface area contributed by atoms with E-state index in [1.807, 2.05) is 0 Å². The van der Waals surface area contributed by atoms with Crippen LogP contribution in [0.1, 0.15) is 39.4 Å². The molecule has 1 aromatic heterocycles. The van der Waals surface area contributed by atoms with Gasteiger partial charge < -0.3 is 28.7 Å². The number of hydrogen-bond donors (Lipinski definition) is 1. The van der Waals surface area contributed by atoms with Crippen LogP contribution in [-0.4, -0.2) is 59.9 Å². The zero-order valence-electron chi connectivity index (χ0n) is 16.0. The van der Waals surface area contributed by atoms with Crippen molar-refractivity contribution in [2.75, 3.05) is 6.61 Å². The third kappa shape index (κ3) is 5.56. The molecule has 154 valence electrons. The normalized spacial score (nSPS) is 26.8. The predicted molar refractivity (Wildman–Crippen MR) is 91.7 cm³/mol. The van der Waals surface area contributed by atoms with Crippen LogP contribution in [-0.2, 0) is 42.9 Å². The number of aromatic amines is 1. The Kier molecular flexibility index (Phi) is 7.16. The van der Waals surface area contributed by atoms with E-state index >= 15 is 0 Å². The van der Waals surface area contributed by atoms with Crippen molar-refractivity contribution in [1.29, 1.82) is 0 Å². The molecule has 5 atom stereocenters. The van der Waals surface area contributed by atoms with E-state index in [-0.39, 0.29) is 6.61 Å². The molecule has 2 rings (SSSR count). The molecule has 0 radical (unpaired) electrons. The van der Waals surface area contributed by atoms with Gasteiger partial charge in [-0.05, 0) is 6.07 Å². The maximum atomic E-state index is 11.7. The first kappa shape index (κ1) is 21.4. The molecule has 1 N–H and O–H groups in total. The van der Waals surface area contributed by atoms with Gasteiger partial charge in [0.2, 0.25) is 0 Å². The first-order valence-electron chi connectivity index (χ1n) is 8.62. The lowest BCUT2D eigenvalue weighted by Crippen LogP contribution is -2.59. The summed E-state index contributed by atoms with van der Waals surface area (Å²) in [6.07, 6.45) is -1.95. The van der Waals surface area contributed by atoms with Crippen LogP contribution in [0.2, 0.25) is 0 Å². The summed E-state index contributed by atoms with van der Waals surface area (Å²) in [5.74, 6) is -2.53. The van der Waals surface area contributed by atoms with Crippen molar-refractivity contribution in [1.82, 2.24) is 4.98 Å². The highest BCUT2D eigenvalue weighted by Gasteiger charge is 2.52. The van der Waals surface area contributed by atoms with Gasteiger partial charge in [-0.1, -0.05) is 0 Å². The van der Waals surface area contributed by atoms with Crippen molar-refractivity contribution in [2.45, 2.75) is 58.2 Å². The fourth-order valence-electron chi connectivity index (χ4n) is 3.01. The second-order valence-corrected chi connectivity index (χ2v) is 6.26. The van der Waals surface area contributed by atoms with Crippen molar-refractivity contribution < 1.29 is 42.9 Å². The first-order chi connectivity index (χ1) is 13.2. The summed E-state index contributed by atoms with van der Waals surface area (Å²) in [6.45, 7) is 4.52. The summed E-state index contributed by atoms with van der Waals surface area (Å²) in [7, 11) is 0. The molecule has 0 unspecified atom stereocenters. The maximum absolute atomic E-state index is 11.7. The summed E-state index contributed by atoms with van der Waals surface area (Å²) in [5.41, 5.74) is 0.609. The quantitative estimate of drug-likeness (QED) is 0.547. The van der Waals surface area contributed by atoms with Crippen LogP contribution in [0.3, 0.4) is 0 Å². The Hall–Kier alpha value is -2.88. The van der Waals surface area contributed by atoms with Crippen molar-refractivity contribution >= 4 is 23.9 Å². The highest BCUT2D eigenvalue weighted by atomic mass is 16.7. The van der Waals surface area contributed by atoms with Gasteiger partial charge in [0.1, 0.15) is 18.8 Å². The summed E-state index contributed by atoms with van der Waals surface area (Å²) in [4.78, 5) is 49.1. The number of nitrogens with one attached hydrogen (secondary N) is 1. The van der Waals surface area contributed by atoms with Crippen molar-refractivity contribution in [2.24, 2.45) is 0 Å². The maximum Gasteiger partial charge on any atom is 0.303 e. The summed E-state index contributed by atoms with van der Waals surface area (Å²) >= 11 is 0. The van der Waals surface area contributed by atoms with E-state index < -0.39 is 54.4 Å². The first-order valence-corrected chi connectivity index (χ1v) is 8.62. The second kappa shape index (κ2) is 9.36. The molecule has 1 saturated heterocycles. The van der Waals surface area contributed by atoms with Gasteiger partial charge in [0.15, 0.2) is 18.3 Å². The van der Waals surface area contributed by atoms with Gasteiger partial charge >= 0.3 is 23.9 Å². The van der Waals surface area contributed by atoms with Gasteiger partial charge in [-0.25, -0.2) is 0 Å². The Bertz CT molecular complexity index is 715. The second-order valence-electron chi connectivity index (χ2n) is 6.26. The Morgan fingerprint density at radius 2 is 1.46 bits per heavy atom. The standard InChI is InChI=1S/C18H23NO9/c1-9(20)24-8-14-16(25-10(2)21)18(27-12(4)23)17(26-11(3)22)15(28-14)13-5-6-19-7-13/h5-7,14-19H,8H2,1-4H3/t14-,15+,16-,17+,18+/m1/s1. The van der Waals surface area contributed by atoms with Gasteiger partial charge in [0.25, 0.3) is 0 Å². The third-order valence-electron chi connectivity index (χ3n) is 3.94. The molecule has 0 aliphatic carbocycles. The van der Waals surface area contributed by atoms with Crippen molar-refractivity contribution in [3.8, 4) is 0 Å². The van der Waals surface area contributed by atoms with Crippen molar-refractivity contribution in [3.05, 3.63) is 24.0 Å². The number of hydrogen-bond acceptors (Lipinski definition) is 9. The lowest BCUT2D eigenvalue weighted by atomic mass is 9.91. The minimum absolute atomic E-state index is 0.251. The Balaban J connectivity index is 2.45. The fourth-order valence-corrected chi connectivity index (χ4v) is 3.01. The smallest absolute Gasteiger partial charge is 0.303 e. The summed E-state index contributed by atoms with van der Waals surface area (Å²) in [5, 5.41) is 0. The topological polar surface area (TPSA) is 130 Å². The van der Waals surface area contributed by atoms with E-state index in [1.165, 1.54) is 27.7 Å². The average Bonchev–Trinajstić information content (AvgIpc) is 3.09. The molecule has 0 aromatic carbocycles. The average molecular weight is 397 g/mol. The monoisotopic (exact) mass is 397 g/mol. The molecule has 0 saturated carbocycles. The van der Waals surface area contributed by atoms with Gasteiger partial charge in [-0.15, -0.1) is 0 Å². The minimum atomic E-state index is -1.17. The highest BCUT2D eigenvalue weighted by molar-refractivity contribution is 5.68. The van der Waals surface area contributed by atoms with Gasteiger partial charge in [0.05, 0.1) is 0 Å². The van der Waals surface area contributed by atoms with Crippen LogP contribution >= 0.6 is 0 Å². The van der Waals surface area contributed by atoms with E-state index in [1.54, 1.807) is 18.5 Å². The number of aromatic nitrogens is 1. The predicted octanol–water partition coefficient (Wildman–Crippen LogP) is 0.813. The van der Waals surface area contributed by atoms with Gasteiger partial charge in [0, 0.05) is 45.7 Å². The molecule has 1 aliphatic heterocycles. The Morgan fingerprint density at radius 3 is 1.96 bits per heavy atom. The molecule has 1 aromatic rings. The van der Waals surface area contributed by atoms with Crippen LogP contribution in [0, 0.1) is 0 Å². The van der Waals surface area contributed by atoms with E-state index in [0.29, 0.717) is 5.56 Å². The van der Waals surface area contributed by atoms with Crippen LogP contribution in [0.25, 0.3) is 0 Å². The number of esters is 4. The number of carbonyl (C=O) groups excluding carboxylic acids is 4. The third-order valence-corrected chi connectivity index (χ3v) is 3.94. The molecule has 10 nitrogen and oxygen atoms in total. The molecule has 0 spiro atoms. The summed E-state index contributed by atoms with van der Waals surface area (Å²) < 4.78 is 27.0. The molecule has 2 heterocycles. The largest absolute Gasteiger partial charge is 0.463 e. The molecule has 0 bridgehead atoms. The SMILES string of the molecule is CC(=O)OC[C@H]1O[C@@H](c2cc[nH]c2)[C@H](OC(C)=O)[C@@H](OC(C)=O)[C@@H]1OC(C)=O. The zero-order chi connectivity index (χ0) is 20.8. The molecular weight excluding hydrogens is 374 g/mol.